The predicted molar refractivity (Wildman–Crippen MR) is 60.5 cm³/mol. The fraction of sp³-hybridized carbons (Fsp3) is 0. The fourth-order valence-electron chi connectivity index (χ4n) is 0.820. The Hall–Kier alpha value is -0.290. The minimum absolute atomic E-state index is 0.216. The molecule has 2 aromatic rings. The summed E-state index contributed by atoms with van der Waals surface area (Å²) in [6.45, 7) is 0. The summed E-state index contributed by atoms with van der Waals surface area (Å²) in [5, 5.41) is 3.43. The molecule has 0 N–H and O–H groups in total. The lowest BCUT2D eigenvalue weighted by molar-refractivity contribution is 1.05. The van der Waals surface area contributed by atoms with Crippen LogP contribution in [0.2, 0.25) is 10.3 Å². The molecule has 2 heterocycles. The van der Waals surface area contributed by atoms with Gasteiger partial charge in [0.15, 0.2) is 0 Å². The number of hydrogen-bond donors (Lipinski definition) is 0. The average molecular weight is 263 g/mol. The van der Waals surface area contributed by atoms with Gasteiger partial charge in [0.05, 0.1) is 15.4 Å². The fourth-order valence-corrected chi connectivity index (χ4v) is 2.87. The molecule has 2 aromatic heterocycles. The van der Waals surface area contributed by atoms with Crippen LogP contribution in [0.5, 0.6) is 0 Å². The van der Waals surface area contributed by atoms with E-state index in [-0.39, 0.29) is 5.28 Å². The van der Waals surface area contributed by atoms with Crippen LogP contribution in [-0.2, 0) is 0 Å². The molecule has 0 aromatic carbocycles. The van der Waals surface area contributed by atoms with Gasteiger partial charge in [0.2, 0.25) is 5.28 Å². The smallest absolute Gasteiger partial charge is 0.223 e. The second-order valence-electron chi connectivity index (χ2n) is 2.33. The predicted octanol–water partition coefficient (Wildman–Crippen LogP) is 4.00. The molecule has 2 nitrogen and oxygen atoms in total. The maximum absolute atomic E-state index is 5.91. The lowest BCUT2D eigenvalue weighted by Gasteiger charge is -1.99. The molecule has 0 aliphatic heterocycles. The quantitative estimate of drug-likeness (QED) is 0.605. The topological polar surface area (TPSA) is 25.8 Å². The summed E-state index contributed by atoms with van der Waals surface area (Å²) in [4.78, 5) is 7.82. The Kier molecular flexibility index (Phi) is 3.28. The molecule has 0 saturated carbocycles. The number of aromatic nitrogens is 2. The third-order valence-corrected chi connectivity index (χ3v) is 3.99. The molecule has 6 heteroatoms. The number of thiophene rings is 1. The van der Waals surface area contributed by atoms with Crippen molar-refractivity contribution in [1.29, 1.82) is 0 Å². The summed E-state index contributed by atoms with van der Waals surface area (Å²) in [6.07, 6.45) is 1.51. The Morgan fingerprint density at radius 3 is 2.93 bits per heavy atom. The first kappa shape index (κ1) is 10.2. The number of rotatable bonds is 2. The Labute approximate surface area is 99.3 Å². The molecule has 0 unspecified atom stereocenters. The number of halogens is 2. The van der Waals surface area contributed by atoms with Crippen molar-refractivity contribution in [2.24, 2.45) is 0 Å². The van der Waals surface area contributed by atoms with Crippen molar-refractivity contribution >= 4 is 46.3 Å². The van der Waals surface area contributed by atoms with Gasteiger partial charge in [-0.3, -0.25) is 0 Å². The molecule has 0 aliphatic rings. The molecule has 0 saturated heterocycles. The van der Waals surface area contributed by atoms with Crippen molar-refractivity contribution < 1.29 is 0 Å². The van der Waals surface area contributed by atoms with Crippen LogP contribution in [-0.4, -0.2) is 9.97 Å². The first-order valence-electron chi connectivity index (χ1n) is 3.65. The highest BCUT2D eigenvalue weighted by molar-refractivity contribution is 8.01. The molecule has 0 aliphatic carbocycles. The van der Waals surface area contributed by atoms with Crippen LogP contribution >= 0.6 is 46.3 Å². The standard InChI is InChI=1S/C8H4Cl2N2S2/c9-5-4-11-8(10)12-7(5)14-6-2-1-3-13-6/h1-4H. The zero-order valence-corrected chi connectivity index (χ0v) is 9.92. The van der Waals surface area contributed by atoms with Crippen molar-refractivity contribution in [2.75, 3.05) is 0 Å². The average Bonchev–Trinajstić information content (AvgIpc) is 2.64. The molecular weight excluding hydrogens is 259 g/mol. The van der Waals surface area contributed by atoms with Gasteiger partial charge < -0.3 is 0 Å². The number of nitrogens with zero attached hydrogens (tertiary/aromatic N) is 2. The summed E-state index contributed by atoms with van der Waals surface area (Å²) < 4.78 is 1.13. The van der Waals surface area contributed by atoms with Crippen LogP contribution in [0.1, 0.15) is 0 Å². The van der Waals surface area contributed by atoms with E-state index >= 15 is 0 Å². The van der Waals surface area contributed by atoms with Gasteiger partial charge in [-0.25, -0.2) is 9.97 Å². The molecule has 2 rings (SSSR count). The monoisotopic (exact) mass is 262 g/mol. The van der Waals surface area contributed by atoms with Crippen LogP contribution in [0.3, 0.4) is 0 Å². The van der Waals surface area contributed by atoms with E-state index < -0.39 is 0 Å². The van der Waals surface area contributed by atoms with Crippen LogP contribution in [0.15, 0.2) is 32.9 Å². The van der Waals surface area contributed by atoms with Gasteiger partial charge in [-0.1, -0.05) is 29.4 Å². The van der Waals surface area contributed by atoms with Crippen molar-refractivity contribution in [3.05, 3.63) is 34.0 Å². The van der Waals surface area contributed by atoms with E-state index in [4.69, 9.17) is 23.2 Å². The number of hydrogen-bond acceptors (Lipinski definition) is 4. The summed E-state index contributed by atoms with van der Waals surface area (Å²) >= 11 is 14.7. The van der Waals surface area contributed by atoms with E-state index in [0.717, 1.165) is 4.21 Å². The van der Waals surface area contributed by atoms with Gasteiger partial charge >= 0.3 is 0 Å². The first-order valence-corrected chi connectivity index (χ1v) is 6.10. The maximum Gasteiger partial charge on any atom is 0.223 e. The van der Waals surface area contributed by atoms with Gasteiger partial charge in [0, 0.05) is 0 Å². The first-order chi connectivity index (χ1) is 6.75. The highest BCUT2D eigenvalue weighted by atomic mass is 35.5. The lowest BCUT2D eigenvalue weighted by Crippen LogP contribution is -1.85. The Morgan fingerprint density at radius 1 is 1.36 bits per heavy atom. The SMILES string of the molecule is Clc1ncc(Cl)c(Sc2cccs2)n1. The van der Waals surface area contributed by atoms with Crippen LogP contribution in [0, 0.1) is 0 Å². The highest BCUT2D eigenvalue weighted by Crippen LogP contribution is 2.34. The zero-order chi connectivity index (χ0) is 9.97. The summed E-state index contributed by atoms with van der Waals surface area (Å²) in [5.41, 5.74) is 0. The molecule has 14 heavy (non-hydrogen) atoms. The second-order valence-corrected chi connectivity index (χ2v) is 5.31. The van der Waals surface area contributed by atoms with E-state index in [1.165, 1.54) is 18.0 Å². The molecule has 0 bridgehead atoms. The zero-order valence-electron chi connectivity index (χ0n) is 6.78. The van der Waals surface area contributed by atoms with Gasteiger partial charge in [-0.05, 0) is 23.0 Å². The van der Waals surface area contributed by atoms with Gasteiger partial charge in [0.25, 0.3) is 0 Å². The minimum atomic E-state index is 0.216. The van der Waals surface area contributed by atoms with E-state index in [2.05, 4.69) is 9.97 Å². The third-order valence-electron chi connectivity index (χ3n) is 1.37. The van der Waals surface area contributed by atoms with Crippen LogP contribution in [0.25, 0.3) is 0 Å². The van der Waals surface area contributed by atoms with Crippen LogP contribution < -0.4 is 0 Å². The van der Waals surface area contributed by atoms with E-state index in [1.54, 1.807) is 11.3 Å². The second kappa shape index (κ2) is 4.49. The van der Waals surface area contributed by atoms with E-state index in [9.17, 15) is 0 Å². The summed E-state index contributed by atoms with van der Waals surface area (Å²) in [7, 11) is 0. The third kappa shape index (κ3) is 2.39. The lowest BCUT2D eigenvalue weighted by atomic mass is 10.7. The van der Waals surface area contributed by atoms with Crippen LogP contribution in [0.4, 0.5) is 0 Å². The normalized spacial score (nSPS) is 10.4. The Bertz CT molecular complexity index is 431. The highest BCUT2D eigenvalue weighted by Gasteiger charge is 2.06. The largest absolute Gasteiger partial charge is 0.225 e. The van der Waals surface area contributed by atoms with Gasteiger partial charge in [-0.2, -0.15) is 0 Å². The Morgan fingerprint density at radius 2 is 2.21 bits per heavy atom. The molecule has 0 amide bonds. The van der Waals surface area contributed by atoms with Gasteiger partial charge in [0.1, 0.15) is 5.03 Å². The summed E-state index contributed by atoms with van der Waals surface area (Å²) in [5.74, 6) is 0. The Balaban J connectivity index is 2.28. The van der Waals surface area contributed by atoms with Crippen molar-refractivity contribution in [3.63, 3.8) is 0 Å². The van der Waals surface area contributed by atoms with Crippen molar-refractivity contribution in [1.82, 2.24) is 9.97 Å². The molecular formula is C8H4Cl2N2S2. The van der Waals surface area contributed by atoms with Crippen molar-refractivity contribution in [2.45, 2.75) is 9.24 Å². The maximum atomic E-state index is 5.91. The molecule has 0 radical (unpaired) electrons. The van der Waals surface area contributed by atoms with E-state index in [0.29, 0.717) is 10.0 Å². The van der Waals surface area contributed by atoms with Gasteiger partial charge in [-0.15, -0.1) is 11.3 Å². The summed E-state index contributed by atoms with van der Waals surface area (Å²) in [6, 6.07) is 3.98. The van der Waals surface area contributed by atoms with E-state index in [1.807, 2.05) is 17.5 Å². The molecule has 72 valence electrons. The molecule has 0 fully saturated rings. The minimum Gasteiger partial charge on any atom is -0.225 e. The molecule has 0 atom stereocenters. The molecule has 0 spiro atoms. The van der Waals surface area contributed by atoms with Crippen molar-refractivity contribution in [3.8, 4) is 0 Å².